The zero-order valence-corrected chi connectivity index (χ0v) is 63.6. The molecule has 0 unspecified atom stereocenters. The number of nitrogens with zero attached hydrogens (tertiary/aromatic N) is 3. The number of aromatic hydroxyl groups is 2. The molecule has 0 fully saturated rings. The van der Waals surface area contributed by atoms with Gasteiger partial charge >= 0.3 is 0 Å². The van der Waals surface area contributed by atoms with Crippen LogP contribution in [0.15, 0.2) is 115 Å². The summed E-state index contributed by atoms with van der Waals surface area (Å²) >= 11 is 0. The Morgan fingerprint density at radius 2 is 0.763 bits per heavy atom. The highest BCUT2D eigenvalue weighted by atomic mass is 19.1. The van der Waals surface area contributed by atoms with E-state index in [0.29, 0.717) is 47.7 Å². The first kappa shape index (κ1) is 70.8. The first-order chi connectivity index (χ1) is 44.8. The molecule has 0 atom stereocenters. The van der Waals surface area contributed by atoms with Crippen LogP contribution in [0.5, 0.6) is 23.0 Å². The van der Waals surface area contributed by atoms with Gasteiger partial charge in [0.05, 0.1) is 46.7 Å². The molecule has 0 bridgehead atoms. The highest BCUT2D eigenvalue weighted by Crippen LogP contribution is 2.52. The molecule has 0 saturated heterocycles. The van der Waals surface area contributed by atoms with Crippen LogP contribution in [0.1, 0.15) is 227 Å². The minimum atomic E-state index is -0.411. The summed E-state index contributed by atoms with van der Waals surface area (Å²) in [5.74, 6) is 1.12. The van der Waals surface area contributed by atoms with E-state index in [2.05, 4.69) is 283 Å². The topological polar surface area (TPSA) is 72.0 Å². The predicted molar refractivity (Wildman–Crippen MR) is 410 cm³/mol. The minimum Gasteiger partial charge on any atom is -0.505 e. The lowest BCUT2D eigenvalue weighted by molar-refractivity contribution is 0.240. The lowest BCUT2D eigenvalue weighted by atomic mass is 9.71. The third-order valence-electron chi connectivity index (χ3n) is 20.7. The maximum absolute atomic E-state index is 16.5. The number of phenols is 2. The van der Waals surface area contributed by atoms with Crippen molar-refractivity contribution in [3.05, 3.63) is 177 Å². The third-order valence-corrected chi connectivity index (χ3v) is 20.7. The molecule has 7 nitrogen and oxygen atoms in total. The van der Waals surface area contributed by atoms with Gasteiger partial charge in [-0.1, -0.05) is 201 Å². The van der Waals surface area contributed by atoms with E-state index in [4.69, 9.17) is 9.47 Å². The monoisotopic (exact) mass is 1310 g/mol. The summed E-state index contributed by atoms with van der Waals surface area (Å²) in [5.41, 5.74) is 18.1. The quantitative estimate of drug-likeness (QED) is 0.106. The molecule has 8 heteroatoms. The van der Waals surface area contributed by atoms with E-state index >= 15 is 4.39 Å². The molecule has 0 spiro atoms. The van der Waals surface area contributed by atoms with E-state index in [1.165, 1.54) is 45.5 Å². The molecule has 0 radical (unpaired) electrons. The van der Waals surface area contributed by atoms with Crippen molar-refractivity contribution in [3.63, 3.8) is 0 Å². The van der Waals surface area contributed by atoms with Crippen molar-refractivity contribution in [2.75, 3.05) is 26.8 Å². The second kappa shape index (κ2) is 24.7. The van der Waals surface area contributed by atoms with Crippen molar-refractivity contribution in [1.82, 2.24) is 14.0 Å². The molecule has 0 amide bonds. The molecule has 10 aromatic rings. The number of halogens is 1. The van der Waals surface area contributed by atoms with Crippen molar-refractivity contribution < 1.29 is 24.1 Å². The van der Waals surface area contributed by atoms with Crippen LogP contribution in [-0.4, -0.2) is 51.1 Å². The molecular formula is C89H112FN3O4. The van der Waals surface area contributed by atoms with E-state index in [1.807, 2.05) is 6.92 Å². The smallest absolute Gasteiger partial charge is 0.147 e. The van der Waals surface area contributed by atoms with E-state index in [9.17, 15) is 10.2 Å². The molecular weight excluding hydrogens is 1190 g/mol. The van der Waals surface area contributed by atoms with Gasteiger partial charge in [0.15, 0.2) is 0 Å². The van der Waals surface area contributed by atoms with Gasteiger partial charge in [0, 0.05) is 68.9 Å². The van der Waals surface area contributed by atoms with Gasteiger partial charge in [0.1, 0.15) is 28.8 Å². The molecule has 514 valence electrons. The molecule has 1 aliphatic heterocycles. The molecule has 1 aliphatic rings. The van der Waals surface area contributed by atoms with E-state index in [0.717, 1.165) is 109 Å². The summed E-state index contributed by atoms with van der Waals surface area (Å²) in [4.78, 5) is 2.36. The minimum absolute atomic E-state index is 0.00562. The summed E-state index contributed by atoms with van der Waals surface area (Å²) in [7, 11) is 2.17. The Bertz CT molecular complexity index is 4570. The lowest BCUT2D eigenvalue weighted by Crippen LogP contribution is -2.28. The fourth-order valence-electron chi connectivity index (χ4n) is 16.0. The molecule has 2 N–H and O–H groups in total. The van der Waals surface area contributed by atoms with Gasteiger partial charge in [0.25, 0.3) is 0 Å². The maximum Gasteiger partial charge on any atom is 0.147 e. The summed E-state index contributed by atoms with van der Waals surface area (Å²) in [5, 5.41) is 31.4. The van der Waals surface area contributed by atoms with Gasteiger partial charge < -0.3 is 33.7 Å². The van der Waals surface area contributed by atoms with Crippen LogP contribution in [0.3, 0.4) is 0 Å². The van der Waals surface area contributed by atoms with E-state index < -0.39 is 5.82 Å². The Morgan fingerprint density at radius 1 is 0.402 bits per heavy atom. The van der Waals surface area contributed by atoms with Gasteiger partial charge in [-0.3, -0.25) is 0 Å². The van der Waals surface area contributed by atoms with Crippen LogP contribution >= 0.6 is 0 Å². The van der Waals surface area contributed by atoms with E-state index in [-0.39, 0.29) is 61.4 Å². The summed E-state index contributed by atoms with van der Waals surface area (Å²) in [6, 6.07) is 41.4. The Balaban J connectivity index is 1.04. The lowest BCUT2D eigenvalue weighted by Gasteiger charge is -2.34. The normalized spacial score (nSPS) is 14.2. The molecule has 97 heavy (non-hydrogen) atoms. The van der Waals surface area contributed by atoms with Gasteiger partial charge in [-0.2, -0.15) is 0 Å². The molecule has 3 heterocycles. The number of fused-ring (bicyclic) bond motifs is 7. The van der Waals surface area contributed by atoms with Crippen molar-refractivity contribution >= 4 is 43.6 Å². The first-order valence-corrected chi connectivity index (χ1v) is 35.7. The zero-order chi connectivity index (χ0) is 71.0. The average molecular weight is 1310 g/mol. The number of hydrogen-bond donors (Lipinski definition) is 2. The molecule has 0 aliphatic carbocycles. The van der Waals surface area contributed by atoms with Crippen LogP contribution in [0.4, 0.5) is 4.39 Å². The van der Waals surface area contributed by atoms with Crippen molar-refractivity contribution in [1.29, 1.82) is 0 Å². The van der Waals surface area contributed by atoms with Crippen LogP contribution in [0, 0.1) is 30.5 Å². The number of hydrogen-bond acceptors (Lipinski definition) is 5. The van der Waals surface area contributed by atoms with Gasteiger partial charge in [-0.05, 0) is 200 Å². The number of rotatable bonds is 14. The summed E-state index contributed by atoms with van der Waals surface area (Å²) < 4.78 is 35.4. The van der Waals surface area contributed by atoms with Crippen molar-refractivity contribution in [2.24, 2.45) is 10.8 Å². The van der Waals surface area contributed by atoms with Crippen LogP contribution in [0.25, 0.3) is 77.2 Å². The Morgan fingerprint density at radius 3 is 1.12 bits per heavy atom. The number of ether oxygens (including phenoxy) is 2. The fourth-order valence-corrected chi connectivity index (χ4v) is 16.0. The van der Waals surface area contributed by atoms with Crippen molar-refractivity contribution in [3.8, 4) is 56.6 Å². The third kappa shape index (κ3) is 14.0. The molecule has 11 rings (SSSR count). The second-order valence-electron chi connectivity index (χ2n) is 36.8. The molecule has 0 saturated carbocycles. The van der Waals surface area contributed by atoms with Gasteiger partial charge in [-0.15, -0.1) is 0 Å². The standard InChI is InChI=1S/C89H112FN3O4/c1-53-40-69(67-41-59(88(21,22)51-82(3,4)5)47-76(78(67)94)92-72-43-55(84(9,10)11)27-31-63(72)64-32-28-56(44-73(64)92)85(12,13)14)81(71-50-91(25)36-35-62(53)71)97-38-26-37-96-80-54(2)39-61(90)49-70(80)68-42-60(89(23,24)52-83(6,7)8)48-77(79(68)95)93-74-45-57(86(15,16)17)29-33-65(74)66-34-30-58(46-75(66)93)87(18,19)20/h27-34,39-49,94-95H,26,35-38,50-52H2,1-25H3. The van der Waals surface area contributed by atoms with Crippen LogP contribution in [-0.2, 0) is 45.5 Å². The highest BCUT2D eigenvalue weighted by molar-refractivity contribution is 6.11. The highest BCUT2D eigenvalue weighted by Gasteiger charge is 2.35. The fraction of sp³-hybridized carbons (Fsp3) is 0.461. The summed E-state index contributed by atoms with van der Waals surface area (Å²) in [6.45, 7) is 56.3. The maximum atomic E-state index is 16.5. The Labute approximate surface area is 580 Å². The molecule has 2 aromatic heterocycles. The number of phenolic OH excluding ortho intramolecular Hbond substituents is 2. The van der Waals surface area contributed by atoms with Crippen LogP contribution < -0.4 is 9.47 Å². The Kier molecular flexibility index (Phi) is 18.0. The van der Waals surface area contributed by atoms with Crippen LogP contribution in [0.2, 0.25) is 0 Å². The number of aryl methyl sites for hydroxylation is 2. The summed E-state index contributed by atoms with van der Waals surface area (Å²) in [6.07, 6.45) is 3.13. The number of benzene rings is 8. The zero-order valence-electron chi connectivity index (χ0n) is 63.6. The predicted octanol–water partition coefficient (Wildman–Crippen LogP) is 23.8. The van der Waals surface area contributed by atoms with Gasteiger partial charge in [0.2, 0.25) is 0 Å². The SMILES string of the molecule is Cc1cc(-c2cc(C(C)(C)CC(C)(C)C)cc(-n3c4cc(C(C)(C)C)ccc4c4ccc(C(C)(C)C)cc43)c2O)c(OCCCOc2c(C)cc(F)cc2-c2cc(C(C)(C)CC(C)(C)C)cc(-n3c4cc(C(C)(C)C)ccc4c4ccc(C(C)(C)C)cc43)c2O)c2c1CCN(C)C2. The second-order valence-corrected chi connectivity index (χ2v) is 36.8. The van der Waals surface area contributed by atoms with E-state index in [1.54, 1.807) is 0 Å². The van der Waals surface area contributed by atoms with Gasteiger partial charge in [-0.25, -0.2) is 4.39 Å². The first-order valence-electron chi connectivity index (χ1n) is 35.7. The number of likely N-dealkylation sites (N-methyl/N-ethyl adjacent to an activating group) is 1. The van der Waals surface area contributed by atoms with Crippen molar-refractivity contribution in [2.45, 2.75) is 231 Å². The average Bonchev–Trinajstić information content (AvgIpc) is 1.62. The number of aromatic nitrogens is 2. The Hall–Kier alpha value is -7.55. The molecule has 8 aromatic carbocycles. The largest absolute Gasteiger partial charge is 0.505 e.